The van der Waals surface area contributed by atoms with Crippen molar-refractivity contribution in [3.8, 4) is 0 Å². The summed E-state index contributed by atoms with van der Waals surface area (Å²) in [4.78, 5) is 4.19. The second kappa shape index (κ2) is 4.42. The highest BCUT2D eigenvalue weighted by Crippen LogP contribution is 2.11. The van der Waals surface area contributed by atoms with Crippen LogP contribution in [0.3, 0.4) is 0 Å². The number of hydrogen-bond donors (Lipinski definition) is 1. The van der Waals surface area contributed by atoms with E-state index in [2.05, 4.69) is 4.98 Å². The summed E-state index contributed by atoms with van der Waals surface area (Å²) in [6.45, 7) is 0. The molecule has 0 saturated heterocycles. The highest BCUT2D eigenvalue weighted by molar-refractivity contribution is 5.78. The van der Waals surface area contributed by atoms with Crippen molar-refractivity contribution in [3.63, 3.8) is 0 Å². The zero-order valence-corrected chi connectivity index (χ0v) is 8.30. The molecular weight excluding hydrogens is 184 g/mol. The first kappa shape index (κ1) is 9.46. The maximum atomic E-state index is 5.95. The Hall–Kier alpha value is -2.09. The Balaban J connectivity index is 2.29. The molecule has 0 aliphatic rings. The van der Waals surface area contributed by atoms with Crippen LogP contribution in [0.25, 0.3) is 11.8 Å². The molecule has 1 aromatic carbocycles. The van der Waals surface area contributed by atoms with E-state index in [9.17, 15) is 0 Å². The predicted molar refractivity (Wildman–Crippen MR) is 62.7 cm³/mol. The van der Waals surface area contributed by atoms with Crippen molar-refractivity contribution in [3.05, 3.63) is 66.0 Å². The first-order valence-electron chi connectivity index (χ1n) is 4.80. The smallest absolute Gasteiger partial charge is 0.0650 e. The van der Waals surface area contributed by atoms with Crippen molar-refractivity contribution in [2.24, 2.45) is 5.73 Å². The number of benzene rings is 1. The normalized spacial score (nSPS) is 11.3. The molecule has 2 N–H and O–H groups in total. The third kappa shape index (κ3) is 2.44. The first-order valence-corrected chi connectivity index (χ1v) is 4.80. The molecule has 1 heterocycles. The molecule has 2 heteroatoms. The van der Waals surface area contributed by atoms with Crippen LogP contribution in [0.5, 0.6) is 0 Å². The molecule has 0 saturated carbocycles. The van der Waals surface area contributed by atoms with Crippen LogP contribution in [-0.4, -0.2) is 4.98 Å². The summed E-state index contributed by atoms with van der Waals surface area (Å²) >= 11 is 0. The standard InChI is InChI=1S/C13H12N2/c14-13(11-6-2-1-3-7-11)10-12-8-4-5-9-15-12/h1-10H,14H2. The SMILES string of the molecule is NC(=Cc1ccccn1)c1ccccc1. The monoisotopic (exact) mass is 196 g/mol. The van der Waals surface area contributed by atoms with Gasteiger partial charge in [0.1, 0.15) is 0 Å². The molecule has 0 amide bonds. The van der Waals surface area contributed by atoms with Gasteiger partial charge in [0.2, 0.25) is 0 Å². The fraction of sp³-hybridized carbons (Fsp3) is 0. The van der Waals surface area contributed by atoms with E-state index in [1.807, 2.05) is 54.6 Å². The maximum Gasteiger partial charge on any atom is 0.0650 e. The summed E-state index contributed by atoms with van der Waals surface area (Å²) in [6, 6.07) is 15.6. The van der Waals surface area contributed by atoms with E-state index < -0.39 is 0 Å². The highest BCUT2D eigenvalue weighted by atomic mass is 14.7. The van der Waals surface area contributed by atoms with Gasteiger partial charge in [-0.2, -0.15) is 0 Å². The van der Waals surface area contributed by atoms with E-state index >= 15 is 0 Å². The van der Waals surface area contributed by atoms with Crippen molar-refractivity contribution >= 4 is 11.8 Å². The minimum Gasteiger partial charge on any atom is -0.398 e. The zero-order chi connectivity index (χ0) is 10.5. The van der Waals surface area contributed by atoms with E-state index in [-0.39, 0.29) is 0 Å². The topological polar surface area (TPSA) is 38.9 Å². The Morgan fingerprint density at radius 3 is 2.40 bits per heavy atom. The molecule has 0 bridgehead atoms. The molecule has 15 heavy (non-hydrogen) atoms. The van der Waals surface area contributed by atoms with Crippen molar-refractivity contribution in [2.45, 2.75) is 0 Å². The van der Waals surface area contributed by atoms with Gasteiger partial charge in [-0.25, -0.2) is 0 Å². The van der Waals surface area contributed by atoms with Crippen LogP contribution < -0.4 is 5.73 Å². The second-order valence-corrected chi connectivity index (χ2v) is 3.22. The lowest BCUT2D eigenvalue weighted by molar-refractivity contribution is 1.29. The molecular formula is C13H12N2. The van der Waals surface area contributed by atoms with E-state index in [4.69, 9.17) is 5.73 Å². The fourth-order valence-corrected chi connectivity index (χ4v) is 1.33. The molecule has 0 unspecified atom stereocenters. The Morgan fingerprint density at radius 2 is 1.73 bits per heavy atom. The van der Waals surface area contributed by atoms with E-state index in [1.165, 1.54) is 0 Å². The summed E-state index contributed by atoms with van der Waals surface area (Å²) in [5.74, 6) is 0. The summed E-state index contributed by atoms with van der Waals surface area (Å²) in [5.41, 5.74) is 8.57. The van der Waals surface area contributed by atoms with E-state index in [0.717, 1.165) is 17.0 Å². The molecule has 2 rings (SSSR count). The third-order valence-corrected chi connectivity index (χ3v) is 2.10. The molecule has 0 aliphatic heterocycles. The molecule has 0 fully saturated rings. The summed E-state index contributed by atoms with van der Waals surface area (Å²) < 4.78 is 0. The van der Waals surface area contributed by atoms with Crippen LogP contribution >= 0.6 is 0 Å². The Morgan fingerprint density at radius 1 is 1.00 bits per heavy atom. The van der Waals surface area contributed by atoms with Gasteiger partial charge in [0.25, 0.3) is 0 Å². The van der Waals surface area contributed by atoms with Crippen molar-refractivity contribution in [2.75, 3.05) is 0 Å². The largest absolute Gasteiger partial charge is 0.398 e. The average Bonchev–Trinajstić information content (AvgIpc) is 2.31. The van der Waals surface area contributed by atoms with Gasteiger partial charge < -0.3 is 5.73 Å². The van der Waals surface area contributed by atoms with Crippen LogP contribution in [0.2, 0.25) is 0 Å². The van der Waals surface area contributed by atoms with Crippen LogP contribution in [0.1, 0.15) is 11.3 Å². The van der Waals surface area contributed by atoms with Crippen molar-refractivity contribution in [1.82, 2.24) is 4.98 Å². The molecule has 0 aliphatic carbocycles. The number of aromatic nitrogens is 1. The maximum absolute atomic E-state index is 5.95. The molecule has 0 radical (unpaired) electrons. The van der Waals surface area contributed by atoms with Gasteiger partial charge in [0, 0.05) is 11.9 Å². The minimum absolute atomic E-state index is 0.731. The molecule has 2 aromatic rings. The summed E-state index contributed by atoms with van der Waals surface area (Å²) in [5, 5.41) is 0. The van der Waals surface area contributed by atoms with Crippen LogP contribution in [-0.2, 0) is 0 Å². The van der Waals surface area contributed by atoms with E-state index in [1.54, 1.807) is 6.20 Å². The van der Waals surface area contributed by atoms with Gasteiger partial charge in [0.05, 0.1) is 5.69 Å². The van der Waals surface area contributed by atoms with Gasteiger partial charge in [-0.1, -0.05) is 36.4 Å². The summed E-state index contributed by atoms with van der Waals surface area (Å²) in [6.07, 6.45) is 3.62. The molecule has 0 atom stereocenters. The fourth-order valence-electron chi connectivity index (χ4n) is 1.33. The molecule has 74 valence electrons. The molecule has 0 spiro atoms. The lowest BCUT2D eigenvalue weighted by Crippen LogP contribution is -1.95. The Kier molecular flexibility index (Phi) is 2.79. The van der Waals surface area contributed by atoms with Crippen LogP contribution in [0, 0.1) is 0 Å². The third-order valence-electron chi connectivity index (χ3n) is 2.10. The average molecular weight is 196 g/mol. The first-order chi connectivity index (χ1) is 7.36. The Labute approximate surface area is 89.1 Å². The van der Waals surface area contributed by atoms with Gasteiger partial charge in [0.15, 0.2) is 0 Å². The highest BCUT2D eigenvalue weighted by Gasteiger charge is 1.95. The number of rotatable bonds is 2. The van der Waals surface area contributed by atoms with Crippen molar-refractivity contribution in [1.29, 1.82) is 0 Å². The zero-order valence-electron chi connectivity index (χ0n) is 8.30. The number of nitrogens with zero attached hydrogens (tertiary/aromatic N) is 1. The quantitative estimate of drug-likeness (QED) is 0.801. The minimum atomic E-state index is 0.731. The summed E-state index contributed by atoms with van der Waals surface area (Å²) in [7, 11) is 0. The number of nitrogens with two attached hydrogens (primary N) is 1. The Bertz CT molecular complexity index is 446. The van der Waals surface area contributed by atoms with Gasteiger partial charge in [-0.15, -0.1) is 0 Å². The lowest BCUT2D eigenvalue weighted by Gasteiger charge is -2.00. The number of pyridine rings is 1. The van der Waals surface area contributed by atoms with Gasteiger partial charge in [-0.05, 0) is 23.8 Å². The molecule has 2 nitrogen and oxygen atoms in total. The van der Waals surface area contributed by atoms with Crippen LogP contribution in [0.15, 0.2) is 54.7 Å². The lowest BCUT2D eigenvalue weighted by atomic mass is 10.1. The number of hydrogen-bond acceptors (Lipinski definition) is 2. The van der Waals surface area contributed by atoms with E-state index in [0.29, 0.717) is 0 Å². The second-order valence-electron chi connectivity index (χ2n) is 3.22. The molecule has 1 aromatic heterocycles. The predicted octanol–water partition coefficient (Wildman–Crippen LogP) is 2.54. The van der Waals surface area contributed by atoms with Crippen LogP contribution in [0.4, 0.5) is 0 Å². The van der Waals surface area contributed by atoms with Crippen molar-refractivity contribution < 1.29 is 0 Å². The van der Waals surface area contributed by atoms with Gasteiger partial charge >= 0.3 is 0 Å². The van der Waals surface area contributed by atoms with Gasteiger partial charge in [-0.3, -0.25) is 4.98 Å².